The molecule has 0 aliphatic carbocycles. The van der Waals surface area contributed by atoms with Crippen LogP contribution in [0.2, 0.25) is 0 Å². The first-order chi connectivity index (χ1) is 8.66. The highest BCUT2D eigenvalue weighted by atomic mass is 16.4. The minimum absolute atomic E-state index is 0.262. The third-order valence-corrected chi connectivity index (χ3v) is 2.66. The van der Waals surface area contributed by atoms with E-state index in [1.54, 1.807) is 0 Å². The lowest BCUT2D eigenvalue weighted by Gasteiger charge is -2.07. The van der Waals surface area contributed by atoms with Crippen molar-refractivity contribution < 1.29 is 9.21 Å². The zero-order valence-corrected chi connectivity index (χ0v) is 9.97. The summed E-state index contributed by atoms with van der Waals surface area (Å²) in [6.45, 7) is 2.44. The first-order valence-electron chi connectivity index (χ1n) is 5.58. The molecule has 0 spiro atoms. The molecule has 1 N–H and O–H groups in total. The average Bonchev–Trinajstić information content (AvgIpc) is 2.38. The highest BCUT2D eigenvalue weighted by Gasteiger charge is 2.06. The number of carbonyl (C=O) groups is 1. The van der Waals surface area contributed by atoms with Gasteiger partial charge in [0.05, 0.1) is 5.56 Å². The molecule has 4 heteroatoms. The van der Waals surface area contributed by atoms with E-state index < -0.39 is 5.63 Å². The van der Waals surface area contributed by atoms with Crippen LogP contribution in [0.5, 0.6) is 0 Å². The largest absolute Gasteiger partial charge is 0.430 e. The van der Waals surface area contributed by atoms with Crippen LogP contribution in [0, 0.1) is 6.92 Å². The fourth-order valence-electron chi connectivity index (χ4n) is 1.57. The first-order valence-corrected chi connectivity index (χ1v) is 5.58. The van der Waals surface area contributed by atoms with Gasteiger partial charge in [0, 0.05) is 12.6 Å². The number of benzene rings is 1. The molecule has 92 valence electrons. The Balaban J connectivity index is 2.03. The molecule has 0 aliphatic heterocycles. The maximum Gasteiger partial charge on any atom is 0.335 e. The Morgan fingerprint density at radius 3 is 2.67 bits per heavy atom. The van der Waals surface area contributed by atoms with Crippen molar-refractivity contribution in [2.45, 2.75) is 13.5 Å². The van der Waals surface area contributed by atoms with E-state index in [1.165, 1.54) is 12.1 Å². The topological polar surface area (TPSA) is 59.3 Å². The molecule has 1 amide bonds. The Morgan fingerprint density at radius 1 is 1.22 bits per heavy atom. The van der Waals surface area contributed by atoms with E-state index in [1.807, 2.05) is 31.2 Å². The van der Waals surface area contributed by atoms with Crippen molar-refractivity contribution in [3.8, 4) is 0 Å². The van der Waals surface area contributed by atoms with Crippen molar-refractivity contribution in [2.75, 3.05) is 0 Å². The van der Waals surface area contributed by atoms with Gasteiger partial charge in [-0.3, -0.25) is 4.79 Å². The summed E-state index contributed by atoms with van der Waals surface area (Å²) in [6, 6.07) is 10.5. The van der Waals surface area contributed by atoms with Crippen molar-refractivity contribution in [2.24, 2.45) is 0 Å². The minimum Gasteiger partial charge on any atom is -0.430 e. The van der Waals surface area contributed by atoms with Crippen LogP contribution in [0.4, 0.5) is 0 Å². The SMILES string of the molecule is Cc1ccccc1CNC(=O)c1ccc(=O)oc1. The molecular formula is C14H13NO3. The highest BCUT2D eigenvalue weighted by molar-refractivity contribution is 5.93. The van der Waals surface area contributed by atoms with E-state index in [-0.39, 0.29) is 5.91 Å². The molecular weight excluding hydrogens is 230 g/mol. The van der Waals surface area contributed by atoms with Crippen LogP contribution in [-0.2, 0) is 6.54 Å². The standard InChI is InChI=1S/C14H13NO3/c1-10-4-2-3-5-11(10)8-15-14(17)12-6-7-13(16)18-9-12/h2-7,9H,8H2,1H3,(H,15,17). The van der Waals surface area contributed by atoms with E-state index in [9.17, 15) is 9.59 Å². The molecule has 0 saturated carbocycles. The fraction of sp³-hybridized carbons (Fsp3) is 0.143. The third kappa shape index (κ3) is 2.85. The van der Waals surface area contributed by atoms with Gasteiger partial charge in [-0.1, -0.05) is 24.3 Å². The number of amides is 1. The van der Waals surface area contributed by atoms with Crippen LogP contribution in [-0.4, -0.2) is 5.91 Å². The molecule has 2 rings (SSSR count). The van der Waals surface area contributed by atoms with E-state index in [0.29, 0.717) is 12.1 Å². The van der Waals surface area contributed by atoms with Gasteiger partial charge in [-0.15, -0.1) is 0 Å². The van der Waals surface area contributed by atoms with Crippen LogP contribution in [0.15, 0.2) is 51.9 Å². The lowest BCUT2D eigenvalue weighted by Crippen LogP contribution is -2.23. The van der Waals surface area contributed by atoms with Gasteiger partial charge in [0.25, 0.3) is 5.91 Å². The van der Waals surface area contributed by atoms with Crippen LogP contribution < -0.4 is 10.9 Å². The van der Waals surface area contributed by atoms with Gasteiger partial charge in [-0.2, -0.15) is 0 Å². The van der Waals surface area contributed by atoms with Crippen molar-refractivity contribution in [1.29, 1.82) is 0 Å². The lowest BCUT2D eigenvalue weighted by molar-refractivity contribution is 0.0948. The molecule has 0 fully saturated rings. The molecule has 1 heterocycles. The lowest BCUT2D eigenvalue weighted by atomic mass is 10.1. The summed E-state index contributed by atoms with van der Waals surface area (Å²) >= 11 is 0. The van der Waals surface area contributed by atoms with Crippen molar-refractivity contribution >= 4 is 5.91 Å². The van der Waals surface area contributed by atoms with Crippen molar-refractivity contribution in [1.82, 2.24) is 5.32 Å². The van der Waals surface area contributed by atoms with Crippen molar-refractivity contribution in [3.05, 3.63) is 69.8 Å². The van der Waals surface area contributed by atoms with E-state index in [2.05, 4.69) is 9.73 Å². The van der Waals surface area contributed by atoms with E-state index in [4.69, 9.17) is 0 Å². The minimum atomic E-state index is -0.467. The molecule has 0 bridgehead atoms. The Labute approximate surface area is 104 Å². The molecule has 1 aromatic heterocycles. The summed E-state index contributed by atoms with van der Waals surface area (Å²) in [6.07, 6.45) is 1.16. The van der Waals surface area contributed by atoms with E-state index in [0.717, 1.165) is 17.4 Å². The quantitative estimate of drug-likeness (QED) is 0.895. The monoisotopic (exact) mass is 243 g/mol. The molecule has 0 unspecified atom stereocenters. The number of hydrogen-bond donors (Lipinski definition) is 1. The average molecular weight is 243 g/mol. The Kier molecular flexibility index (Phi) is 3.57. The maximum absolute atomic E-state index is 11.8. The Bertz CT molecular complexity index is 596. The number of hydrogen-bond acceptors (Lipinski definition) is 3. The smallest absolute Gasteiger partial charge is 0.335 e. The molecule has 0 radical (unpaired) electrons. The van der Waals surface area contributed by atoms with Gasteiger partial charge in [0.15, 0.2) is 0 Å². The van der Waals surface area contributed by atoms with Crippen molar-refractivity contribution in [3.63, 3.8) is 0 Å². The summed E-state index contributed by atoms with van der Waals surface area (Å²) < 4.78 is 4.64. The van der Waals surface area contributed by atoms with Crippen LogP contribution in [0.3, 0.4) is 0 Å². The Morgan fingerprint density at radius 2 is 2.00 bits per heavy atom. The zero-order chi connectivity index (χ0) is 13.0. The normalized spacial score (nSPS) is 10.1. The number of carbonyl (C=O) groups excluding carboxylic acids is 1. The molecule has 4 nitrogen and oxygen atoms in total. The number of nitrogens with one attached hydrogen (secondary N) is 1. The molecule has 0 atom stereocenters. The van der Waals surface area contributed by atoms with Gasteiger partial charge in [0.1, 0.15) is 6.26 Å². The molecule has 18 heavy (non-hydrogen) atoms. The van der Waals surface area contributed by atoms with Crippen LogP contribution >= 0.6 is 0 Å². The molecule has 0 aliphatic rings. The summed E-state index contributed by atoms with van der Waals surface area (Å²) in [5.74, 6) is -0.262. The second-order valence-electron chi connectivity index (χ2n) is 3.95. The fourth-order valence-corrected chi connectivity index (χ4v) is 1.57. The predicted octanol–water partition coefficient (Wildman–Crippen LogP) is 1.88. The molecule has 1 aromatic carbocycles. The summed E-state index contributed by atoms with van der Waals surface area (Å²) in [5, 5.41) is 2.77. The first kappa shape index (κ1) is 12.1. The highest BCUT2D eigenvalue weighted by Crippen LogP contribution is 2.06. The summed E-state index contributed by atoms with van der Waals surface area (Å²) in [5.41, 5.74) is 2.05. The van der Waals surface area contributed by atoms with Gasteiger partial charge >= 0.3 is 5.63 Å². The van der Waals surface area contributed by atoms with Crippen LogP contribution in [0.1, 0.15) is 21.5 Å². The van der Waals surface area contributed by atoms with Gasteiger partial charge in [0.2, 0.25) is 0 Å². The summed E-state index contributed by atoms with van der Waals surface area (Å²) in [7, 11) is 0. The second kappa shape index (κ2) is 5.31. The van der Waals surface area contributed by atoms with Gasteiger partial charge in [-0.05, 0) is 24.1 Å². The van der Waals surface area contributed by atoms with Gasteiger partial charge in [-0.25, -0.2) is 4.79 Å². The van der Waals surface area contributed by atoms with Crippen LogP contribution in [0.25, 0.3) is 0 Å². The third-order valence-electron chi connectivity index (χ3n) is 2.66. The zero-order valence-electron chi connectivity index (χ0n) is 9.97. The summed E-state index contributed by atoms with van der Waals surface area (Å²) in [4.78, 5) is 22.5. The molecule has 0 saturated heterocycles. The Hall–Kier alpha value is -2.36. The number of rotatable bonds is 3. The molecule has 2 aromatic rings. The maximum atomic E-state index is 11.8. The number of aryl methyl sites for hydroxylation is 1. The predicted molar refractivity (Wildman–Crippen MR) is 67.3 cm³/mol. The van der Waals surface area contributed by atoms with Gasteiger partial charge < -0.3 is 9.73 Å². The van der Waals surface area contributed by atoms with E-state index >= 15 is 0 Å². The second-order valence-corrected chi connectivity index (χ2v) is 3.95.